The molecule has 72 valence electrons. The third kappa shape index (κ3) is 2.28. The Labute approximate surface area is 80.5 Å². The summed E-state index contributed by atoms with van der Waals surface area (Å²) in [4.78, 5) is 9.62. The van der Waals surface area contributed by atoms with Crippen LogP contribution in [0.25, 0.3) is 0 Å². The minimum absolute atomic E-state index is 0.947. The van der Waals surface area contributed by atoms with Crippen LogP contribution in [0.1, 0.15) is 16.7 Å². The fourth-order valence-electron chi connectivity index (χ4n) is 1.57. The molecule has 0 fully saturated rings. The van der Waals surface area contributed by atoms with E-state index in [1.807, 2.05) is 13.8 Å². The molecule has 0 radical (unpaired) electrons. The van der Waals surface area contributed by atoms with Crippen molar-refractivity contribution in [3.63, 3.8) is 0 Å². The van der Waals surface area contributed by atoms with E-state index in [-0.39, 0.29) is 0 Å². The maximum Gasteiger partial charge on any atom is 0.202 e. The molecule has 0 aromatic heterocycles. The smallest absolute Gasteiger partial charge is 0.202 e. The molecule has 2 nitrogen and oxygen atoms in total. The first-order valence-corrected chi connectivity index (χ1v) is 5.38. The third-order valence-corrected chi connectivity index (χ3v) is 3.43. The molecule has 1 rings (SSSR count). The normalized spacial score (nSPS) is 13.0. The number of benzene rings is 1. The van der Waals surface area contributed by atoms with E-state index in [0.29, 0.717) is 0 Å². The average Bonchev–Trinajstić information content (AvgIpc) is 2.02. The van der Waals surface area contributed by atoms with Crippen LogP contribution < -0.4 is 5.30 Å². The van der Waals surface area contributed by atoms with Crippen LogP contribution in [0.2, 0.25) is 0 Å². The van der Waals surface area contributed by atoms with E-state index in [4.69, 9.17) is 4.52 Å². The van der Waals surface area contributed by atoms with Crippen LogP contribution in [0, 0.1) is 20.8 Å². The Hall–Kier alpha value is -0.430. The zero-order chi connectivity index (χ0) is 10.0. The Balaban J connectivity index is 3.20. The summed E-state index contributed by atoms with van der Waals surface area (Å²) < 4.78 is 4.96. The molecule has 0 spiro atoms. The van der Waals surface area contributed by atoms with Crippen molar-refractivity contribution < 1.29 is 9.42 Å². The molecule has 1 aromatic carbocycles. The van der Waals surface area contributed by atoms with Gasteiger partial charge in [-0.25, -0.2) is 0 Å². The van der Waals surface area contributed by atoms with Gasteiger partial charge in [-0.05, 0) is 31.9 Å². The highest BCUT2D eigenvalue weighted by Gasteiger charge is 2.13. The van der Waals surface area contributed by atoms with Crippen LogP contribution in [0.4, 0.5) is 0 Å². The Bertz CT molecular complexity index is 287. The Morgan fingerprint density at radius 3 is 2.00 bits per heavy atom. The predicted octanol–water partition coefficient (Wildman–Crippen LogP) is 2.19. The molecule has 1 atom stereocenters. The molecular formula is C10H15O2P. The lowest BCUT2D eigenvalue weighted by Crippen LogP contribution is -2.10. The van der Waals surface area contributed by atoms with Gasteiger partial charge in [0.25, 0.3) is 0 Å². The Morgan fingerprint density at radius 2 is 1.62 bits per heavy atom. The van der Waals surface area contributed by atoms with Gasteiger partial charge in [-0.2, -0.15) is 0 Å². The quantitative estimate of drug-likeness (QED) is 0.738. The van der Waals surface area contributed by atoms with E-state index in [0.717, 1.165) is 16.4 Å². The molecule has 1 aromatic rings. The van der Waals surface area contributed by atoms with E-state index in [1.54, 1.807) is 0 Å². The first-order valence-electron chi connectivity index (χ1n) is 4.17. The molecule has 3 heteroatoms. The first kappa shape index (κ1) is 10.6. The van der Waals surface area contributed by atoms with Crippen LogP contribution in [-0.2, 0) is 4.52 Å². The summed E-state index contributed by atoms with van der Waals surface area (Å²) in [6, 6.07) is 4.12. The molecule has 1 N–H and O–H groups in total. The van der Waals surface area contributed by atoms with Gasteiger partial charge in [0.05, 0.1) is 0 Å². The zero-order valence-electron chi connectivity index (χ0n) is 8.46. The standard InChI is InChI=1S/C10H15O2P/c1-7-5-8(2)10(9(3)6-7)13(11)12-4/h5-6,11H,1-4H3. The SMILES string of the molecule is COP(O)c1c(C)cc(C)cc1C. The highest BCUT2D eigenvalue weighted by atomic mass is 31.2. The van der Waals surface area contributed by atoms with Crippen molar-refractivity contribution in [2.75, 3.05) is 7.11 Å². The Kier molecular flexibility index (Phi) is 3.43. The van der Waals surface area contributed by atoms with Crippen LogP contribution in [0.5, 0.6) is 0 Å². The molecule has 0 saturated carbocycles. The van der Waals surface area contributed by atoms with Crippen LogP contribution in [0.15, 0.2) is 12.1 Å². The molecule has 0 bridgehead atoms. The van der Waals surface area contributed by atoms with Crippen molar-refractivity contribution in [2.24, 2.45) is 0 Å². The van der Waals surface area contributed by atoms with Gasteiger partial charge in [0.2, 0.25) is 8.38 Å². The minimum atomic E-state index is -1.43. The first-order chi connectivity index (χ1) is 6.06. The van der Waals surface area contributed by atoms with E-state index in [9.17, 15) is 4.89 Å². The topological polar surface area (TPSA) is 29.5 Å². The monoisotopic (exact) mass is 198 g/mol. The number of rotatable bonds is 2. The van der Waals surface area contributed by atoms with E-state index < -0.39 is 8.38 Å². The summed E-state index contributed by atoms with van der Waals surface area (Å²) >= 11 is 0. The average molecular weight is 198 g/mol. The van der Waals surface area contributed by atoms with E-state index in [1.165, 1.54) is 12.7 Å². The molecule has 0 heterocycles. The summed E-state index contributed by atoms with van der Waals surface area (Å²) in [5.41, 5.74) is 3.43. The maximum atomic E-state index is 9.62. The second-order valence-electron chi connectivity index (χ2n) is 3.20. The van der Waals surface area contributed by atoms with Gasteiger partial charge in [0.15, 0.2) is 0 Å². The van der Waals surface area contributed by atoms with Gasteiger partial charge in [0.1, 0.15) is 0 Å². The summed E-state index contributed by atoms with van der Waals surface area (Å²) in [6.45, 7) is 6.05. The zero-order valence-corrected chi connectivity index (χ0v) is 9.35. The number of hydrogen-bond donors (Lipinski definition) is 1. The molecule has 0 aliphatic heterocycles. The summed E-state index contributed by atoms with van der Waals surface area (Å²) in [7, 11) is 0.105. The fourth-order valence-corrected chi connectivity index (χ4v) is 2.48. The van der Waals surface area contributed by atoms with Crippen molar-refractivity contribution in [2.45, 2.75) is 20.8 Å². The number of hydrogen-bond acceptors (Lipinski definition) is 2. The van der Waals surface area contributed by atoms with Gasteiger partial charge in [-0.1, -0.05) is 17.7 Å². The molecule has 0 saturated heterocycles. The van der Waals surface area contributed by atoms with E-state index >= 15 is 0 Å². The Morgan fingerprint density at radius 1 is 1.15 bits per heavy atom. The lowest BCUT2D eigenvalue weighted by Gasteiger charge is -2.14. The predicted molar refractivity (Wildman–Crippen MR) is 56.4 cm³/mol. The summed E-state index contributed by atoms with van der Waals surface area (Å²) in [5.74, 6) is 0. The van der Waals surface area contributed by atoms with Crippen LogP contribution in [-0.4, -0.2) is 12.0 Å². The second-order valence-corrected chi connectivity index (χ2v) is 4.56. The van der Waals surface area contributed by atoms with Gasteiger partial charge in [0, 0.05) is 12.4 Å². The van der Waals surface area contributed by atoms with Gasteiger partial charge < -0.3 is 9.42 Å². The molecule has 0 aliphatic carbocycles. The second kappa shape index (κ2) is 4.19. The van der Waals surface area contributed by atoms with Crippen molar-refractivity contribution in [3.05, 3.63) is 28.8 Å². The fraction of sp³-hybridized carbons (Fsp3) is 0.400. The third-order valence-electron chi connectivity index (χ3n) is 2.00. The maximum absolute atomic E-state index is 9.62. The molecule has 0 aliphatic rings. The van der Waals surface area contributed by atoms with Crippen molar-refractivity contribution in [1.82, 2.24) is 0 Å². The highest BCUT2D eigenvalue weighted by Crippen LogP contribution is 2.32. The molecular weight excluding hydrogens is 183 g/mol. The van der Waals surface area contributed by atoms with Gasteiger partial charge in [-0.3, -0.25) is 0 Å². The van der Waals surface area contributed by atoms with E-state index in [2.05, 4.69) is 19.1 Å². The number of aryl methyl sites for hydroxylation is 3. The van der Waals surface area contributed by atoms with Crippen LogP contribution in [0.3, 0.4) is 0 Å². The van der Waals surface area contributed by atoms with Gasteiger partial charge >= 0.3 is 0 Å². The van der Waals surface area contributed by atoms with Crippen molar-refractivity contribution >= 4 is 13.7 Å². The lowest BCUT2D eigenvalue weighted by molar-refractivity contribution is 0.400. The molecule has 0 amide bonds. The minimum Gasteiger partial charge on any atom is -0.346 e. The summed E-state index contributed by atoms with van der Waals surface area (Å²) in [6.07, 6.45) is 0. The lowest BCUT2D eigenvalue weighted by atomic mass is 10.1. The summed E-state index contributed by atoms with van der Waals surface area (Å²) in [5, 5.41) is 0.947. The van der Waals surface area contributed by atoms with Gasteiger partial charge in [-0.15, -0.1) is 0 Å². The van der Waals surface area contributed by atoms with Crippen molar-refractivity contribution in [3.8, 4) is 0 Å². The molecule has 13 heavy (non-hydrogen) atoms. The molecule has 1 unspecified atom stereocenters. The largest absolute Gasteiger partial charge is 0.346 e. The van der Waals surface area contributed by atoms with Crippen LogP contribution >= 0.6 is 8.38 Å². The highest BCUT2D eigenvalue weighted by molar-refractivity contribution is 7.55. The van der Waals surface area contributed by atoms with Crippen molar-refractivity contribution in [1.29, 1.82) is 0 Å².